The van der Waals surface area contributed by atoms with E-state index in [4.69, 9.17) is 27.8 Å². The van der Waals surface area contributed by atoms with E-state index in [2.05, 4.69) is 40.3 Å². The van der Waals surface area contributed by atoms with Crippen LogP contribution in [0.2, 0.25) is 5.02 Å². The Morgan fingerprint density at radius 3 is 2.70 bits per heavy atom. The third kappa shape index (κ3) is 3.47. The Labute approximate surface area is 181 Å². The zero-order valence-corrected chi connectivity index (χ0v) is 17.6. The summed E-state index contributed by atoms with van der Waals surface area (Å²) < 4.78 is 8.42. The molecule has 6 heteroatoms. The molecule has 30 heavy (non-hydrogen) atoms. The Morgan fingerprint density at radius 2 is 1.97 bits per heavy atom. The molecule has 0 spiro atoms. The summed E-state index contributed by atoms with van der Waals surface area (Å²) in [6.07, 6.45) is 5.78. The van der Waals surface area contributed by atoms with Gasteiger partial charge in [0.25, 0.3) is 6.35 Å². The van der Waals surface area contributed by atoms with Crippen molar-refractivity contribution in [3.05, 3.63) is 82.3 Å². The van der Waals surface area contributed by atoms with Crippen LogP contribution in [0.1, 0.15) is 42.7 Å². The summed E-state index contributed by atoms with van der Waals surface area (Å²) in [4.78, 5) is 0. The maximum Gasteiger partial charge on any atom is 0.254 e. The predicted molar refractivity (Wildman–Crippen MR) is 121 cm³/mol. The van der Waals surface area contributed by atoms with E-state index in [-0.39, 0.29) is 12.4 Å². The maximum absolute atomic E-state index is 6.46. The van der Waals surface area contributed by atoms with E-state index in [1.807, 2.05) is 24.3 Å². The number of nitrogens with two attached hydrogens (primary N) is 2. The molecule has 0 amide bonds. The summed E-state index contributed by atoms with van der Waals surface area (Å²) >= 11 is 6.46. The van der Waals surface area contributed by atoms with Crippen LogP contribution in [0.25, 0.3) is 10.9 Å². The molecule has 5 N–H and O–H groups in total. The van der Waals surface area contributed by atoms with Crippen molar-refractivity contribution in [3.63, 3.8) is 0 Å². The van der Waals surface area contributed by atoms with E-state index in [1.54, 1.807) is 0 Å². The molecule has 1 aromatic heterocycles. The molecule has 3 atom stereocenters. The minimum Gasteiger partial charge on any atom is -0.453 e. The van der Waals surface area contributed by atoms with Gasteiger partial charge < -0.3 is 21.5 Å². The quantitative estimate of drug-likeness (QED) is 0.570. The van der Waals surface area contributed by atoms with Crippen molar-refractivity contribution in [1.29, 1.82) is 0 Å². The molecule has 156 valence electrons. The highest BCUT2D eigenvalue weighted by molar-refractivity contribution is 6.31. The summed E-state index contributed by atoms with van der Waals surface area (Å²) in [6.45, 7) is 0.358. The van der Waals surface area contributed by atoms with Crippen molar-refractivity contribution in [2.75, 3.05) is 6.54 Å². The second-order valence-corrected chi connectivity index (χ2v) is 8.68. The fourth-order valence-electron chi connectivity index (χ4n) is 4.87. The van der Waals surface area contributed by atoms with Gasteiger partial charge in [0.1, 0.15) is 5.76 Å². The number of hydrogen-bond donors (Lipinski definition) is 3. The van der Waals surface area contributed by atoms with Crippen molar-refractivity contribution in [1.82, 2.24) is 9.88 Å². The Balaban J connectivity index is 1.50. The Kier molecular flexibility index (Phi) is 5.19. The van der Waals surface area contributed by atoms with E-state index >= 15 is 0 Å². The zero-order chi connectivity index (χ0) is 20.7. The van der Waals surface area contributed by atoms with Gasteiger partial charge in [0.2, 0.25) is 0 Å². The number of ether oxygens (including phenoxy) is 1. The lowest BCUT2D eigenvalue weighted by atomic mass is 9.93. The van der Waals surface area contributed by atoms with Crippen LogP contribution in [0, 0.1) is 0 Å². The van der Waals surface area contributed by atoms with Gasteiger partial charge in [-0.3, -0.25) is 4.57 Å². The number of halogens is 1. The van der Waals surface area contributed by atoms with Crippen LogP contribution in [0.3, 0.4) is 0 Å². The molecule has 2 aromatic carbocycles. The third-order valence-electron chi connectivity index (χ3n) is 6.33. The van der Waals surface area contributed by atoms with Gasteiger partial charge in [-0.25, -0.2) is 0 Å². The molecule has 2 aliphatic rings. The first-order valence-corrected chi connectivity index (χ1v) is 11.0. The third-order valence-corrected chi connectivity index (χ3v) is 6.54. The van der Waals surface area contributed by atoms with Crippen LogP contribution in [0.15, 0.2) is 66.2 Å². The van der Waals surface area contributed by atoms with Gasteiger partial charge in [0, 0.05) is 35.0 Å². The monoisotopic (exact) mass is 422 g/mol. The summed E-state index contributed by atoms with van der Waals surface area (Å²) in [7, 11) is 0. The SMILES string of the molecule is NCC1=C(Cc2ccccc2)NC(n2ccc3cc(Cl)cc(C4CCCC4N)c32)O1. The molecule has 3 unspecified atom stereocenters. The fraction of sp³-hybridized carbons (Fsp3) is 0.333. The molecule has 2 heterocycles. The second-order valence-electron chi connectivity index (χ2n) is 8.24. The number of allylic oxidation sites excluding steroid dienone is 1. The molecule has 1 saturated carbocycles. The van der Waals surface area contributed by atoms with E-state index < -0.39 is 0 Å². The fourth-order valence-corrected chi connectivity index (χ4v) is 5.10. The molecule has 0 saturated heterocycles. The maximum atomic E-state index is 6.46. The first-order chi connectivity index (χ1) is 14.6. The Bertz CT molecular complexity index is 1090. The summed E-state index contributed by atoms with van der Waals surface area (Å²) in [5, 5.41) is 5.41. The standard InChI is InChI=1S/C24H27ClN4O/c25-17-12-16-9-10-29(23(16)19(13-17)18-7-4-8-20(18)27)24-28-21(22(14-26)30-24)11-15-5-2-1-3-6-15/h1-3,5-6,9-10,12-13,18,20,24,28H,4,7-8,11,14,26-27H2. The number of aromatic nitrogens is 1. The van der Waals surface area contributed by atoms with Crippen molar-refractivity contribution in [2.45, 2.75) is 44.0 Å². The number of benzene rings is 2. The highest BCUT2D eigenvalue weighted by Crippen LogP contribution is 2.40. The zero-order valence-electron chi connectivity index (χ0n) is 16.9. The van der Waals surface area contributed by atoms with E-state index in [1.165, 1.54) is 11.1 Å². The Morgan fingerprint density at radius 1 is 1.13 bits per heavy atom. The number of rotatable bonds is 5. The average molecular weight is 423 g/mol. The van der Waals surface area contributed by atoms with Crippen LogP contribution >= 0.6 is 11.6 Å². The largest absolute Gasteiger partial charge is 0.453 e. The molecule has 0 radical (unpaired) electrons. The molecule has 1 aliphatic heterocycles. The van der Waals surface area contributed by atoms with Crippen LogP contribution in [-0.4, -0.2) is 17.2 Å². The Hall–Kier alpha value is -2.47. The number of nitrogens with zero attached hydrogens (tertiary/aromatic N) is 1. The minimum atomic E-state index is -0.336. The van der Waals surface area contributed by atoms with Crippen molar-refractivity contribution in [2.24, 2.45) is 11.5 Å². The topological polar surface area (TPSA) is 78.2 Å². The highest BCUT2D eigenvalue weighted by Gasteiger charge is 2.31. The summed E-state index contributed by atoms with van der Waals surface area (Å²) in [5.41, 5.74) is 17.1. The molecule has 3 aromatic rings. The molecule has 0 bridgehead atoms. The first-order valence-electron chi connectivity index (χ1n) is 10.6. The van der Waals surface area contributed by atoms with Gasteiger partial charge in [-0.2, -0.15) is 0 Å². The van der Waals surface area contributed by atoms with Gasteiger partial charge in [-0.1, -0.05) is 48.4 Å². The van der Waals surface area contributed by atoms with Crippen molar-refractivity contribution >= 4 is 22.5 Å². The van der Waals surface area contributed by atoms with Gasteiger partial charge >= 0.3 is 0 Å². The first kappa shape index (κ1) is 19.5. The van der Waals surface area contributed by atoms with Crippen LogP contribution in [-0.2, 0) is 11.2 Å². The molecule has 1 fully saturated rings. The number of nitrogens with one attached hydrogen (secondary N) is 1. The average Bonchev–Trinajstić information content (AvgIpc) is 3.46. The lowest BCUT2D eigenvalue weighted by Gasteiger charge is -2.22. The number of fused-ring (bicyclic) bond motifs is 1. The molecular weight excluding hydrogens is 396 g/mol. The van der Waals surface area contributed by atoms with E-state index in [0.717, 1.165) is 53.1 Å². The molecule has 5 rings (SSSR count). The van der Waals surface area contributed by atoms with Crippen molar-refractivity contribution in [3.8, 4) is 0 Å². The smallest absolute Gasteiger partial charge is 0.254 e. The van der Waals surface area contributed by atoms with E-state index in [9.17, 15) is 0 Å². The predicted octanol–water partition coefficient (Wildman–Crippen LogP) is 4.38. The van der Waals surface area contributed by atoms with Crippen LogP contribution in [0.4, 0.5) is 0 Å². The van der Waals surface area contributed by atoms with Crippen LogP contribution in [0.5, 0.6) is 0 Å². The normalized spacial score (nSPS) is 23.8. The van der Waals surface area contributed by atoms with E-state index in [0.29, 0.717) is 12.5 Å². The summed E-state index contributed by atoms with van der Waals surface area (Å²) in [5.74, 6) is 1.12. The van der Waals surface area contributed by atoms with Gasteiger partial charge in [-0.05, 0) is 42.2 Å². The lowest BCUT2D eigenvalue weighted by molar-refractivity contribution is 0.0679. The van der Waals surface area contributed by atoms with Gasteiger partial charge in [0.15, 0.2) is 0 Å². The molecular formula is C24H27ClN4O. The number of hydrogen-bond acceptors (Lipinski definition) is 4. The molecule has 1 aliphatic carbocycles. The van der Waals surface area contributed by atoms with Crippen molar-refractivity contribution < 1.29 is 4.74 Å². The highest BCUT2D eigenvalue weighted by atomic mass is 35.5. The van der Waals surface area contributed by atoms with Crippen LogP contribution < -0.4 is 16.8 Å². The minimum absolute atomic E-state index is 0.166. The van der Waals surface area contributed by atoms with Gasteiger partial charge in [-0.15, -0.1) is 0 Å². The second kappa shape index (κ2) is 7.99. The lowest BCUT2D eigenvalue weighted by Crippen LogP contribution is -2.25. The van der Waals surface area contributed by atoms with Gasteiger partial charge in [0.05, 0.1) is 17.8 Å². The molecule has 5 nitrogen and oxygen atoms in total. The summed E-state index contributed by atoms with van der Waals surface area (Å²) in [6, 6.07) is 16.7.